The zero-order valence-electron chi connectivity index (χ0n) is 11.9. The van der Waals surface area contributed by atoms with Gasteiger partial charge in [-0.3, -0.25) is 4.79 Å². The summed E-state index contributed by atoms with van der Waals surface area (Å²) in [5.41, 5.74) is 1.36. The monoisotopic (exact) mass is 261 g/mol. The van der Waals surface area contributed by atoms with Gasteiger partial charge in [0.1, 0.15) is 0 Å². The van der Waals surface area contributed by atoms with E-state index in [-0.39, 0.29) is 12.5 Å². The van der Waals surface area contributed by atoms with Crippen molar-refractivity contribution in [1.29, 1.82) is 0 Å². The van der Waals surface area contributed by atoms with Crippen LogP contribution in [0.4, 0.5) is 0 Å². The summed E-state index contributed by atoms with van der Waals surface area (Å²) in [6.07, 6.45) is 4.56. The molecule has 104 valence electrons. The Labute approximate surface area is 115 Å². The van der Waals surface area contributed by atoms with Crippen molar-refractivity contribution < 1.29 is 9.90 Å². The summed E-state index contributed by atoms with van der Waals surface area (Å²) in [5, 5.41) is 12.8. The number of nitrogens with one attached hydrogen (secondary N) is 1. The van der Waals surface area contributed by atoms with Gasteiger partial charge in [-0.2, -0.15) is 0 Å². The van der Waals surface area contributed by atoms with Crippen molar-refractivity contribution in [3.63, 3.8) is 0 Å². The van der Waals surface area contributed by atoms with E-state index in [0.717, 1.165) is 11.1 Å². The van der Waals surface area contributed by atoms with Gasteiger partial charge in [0.25, 0.3) is 0 Å². The number of carbonyl (C=O) groups excluding carboxylic acids is 1. The van der Waals surface area contributed by atoms with Crippen LogP contribution >= 0.6 is 0 Å². The molecule has 0 aliphatic heterocycles. The minimum Gasteiger partial charge on any atom is -0.388 e. The number of aliphatic hydroxyl groups is 1. The van der Waals surface area contributed by atoms with Crippen molar-refractivity contribution in [2.75, 3.05) is 6.54 Å². The van der Waals surface area contributed by atoms with Crippen LogP contribution in [0.3, 0.4) is 0 Å². The molecule has 1 rings (SSSR count). The molecule has 0 saturated carbocycles. The zero-order valence-corrected chi connectivity index (χ0v) is 11.9. The van der Waals surface area contributed by atoms with Crippen LogP contribution < -0.4 is 5.32 Å². The molecule has 0 radical (unpaired) electrons. The second-order valence-corrected chi connectivity index (χ2v) is 4.84. The first-order valence-electron chi connectivity index (χ1n) is 6.74. The molecule has 0 heterocycles. The van der Waals surface area contributed by atoms with Crippen molar-refractivity contribution in [3.05, 3.63) is 41.5 Å². The molecule has 0 bridgehead atoms. The Morgan fingerprint density at radius 3 is 2.53 bits per heavy atom. The van der Waals surface area contributed by atoms with E-state index in [4.69, 9.17) is 0 Å². The lowest BCUT2D eigenvalue weighted by Gasteiger charge is -2.24. The van der Waals surface area contributed by atoms with Crippen LogP contribution in [-0.4, -0.2) is 23.2 Å². The summed E-state index contributed by atoms with van der Waals surface area (Å²) in [5.74, 6) is -0.177. The minimum absolute atomic E-state index is 0.177. The van der Waals surface area contributed by atoms with Gasteiger partial charge in [-0.1, -0.05) is 38.1 Å². The normalized spacial score (nSPS) is 11.8. The fourth-order valence-corrected chi connectivity index (χ4v) is 1.75. The fraction of sp³-hybridized carbons (Fsp3) is 0.438. The molecule has 0 aliphatic rings. The highest BCUT2D eigenvalue weighted by Crippen LogP contribution is 2.13. The number of carbonyl (C=O) groups is 1. The smallest absolute Gasteiger partial charge is 0.244 e. The standard InChI is InChI=1S/C16H23NO2/c1-4-16(19,5-2)12-17-15(18)11-10-14-9-7-6-8-13(14)3/h6-11,19H,4-5,12H2,1-3H3,(H,17,18). The zero-order chi connectivity index (χ0) is 14.3. The third kappa shape index (κ3) is 4.87. The van der Waals surface area contributed by atoms with Crippen molar-refractivity contribution in [2.45, 2.75) is 39.2 Å². The predicted molar refractivity (Wildman–Crippen MR) is 78.8 cm³/mol. The van der Waals surface area contributed by atoms with E-state index in [2.05, 4.69) is 5.32 Å². The Balaban J connectivity index is 2.55. The SMILES string of the molecule is CCC(O)(CC)CNC(=O)C=Cc1ccccc1C. The molecule has 0 fully saturated rings. The van der Waals surface area contributed by atoms with Crippen LogP contribution in [0.15, 0.2) is 30.3 Å². The summed E-state index contributed by atoms with van der Waals surface area (Å²) in [6.45, 7) is 6.12. The fourth-order valence-electron chi connectivity index (χ4n) is 1.75. The first kappa shape index (κ1) is 15.4. The molecule has 3 heteroatoms. The molecule has 2 N–H and O–H groups in total. The maximum Gasteiger partial charge on any atom is 0.244 e. The molecular weight excluding hydrogens is 238 g/mol. The van der Waals surface area contributed by atoms with Crippen LogP contribution in [0.25, 0.3) is 6.08 Å². The largest absolute Gasteiger partial charge is 0.388 e. The van der Waals surface area contributed by atoms with E-state index in [0.29, 0.717) is 12.8 Å². The average molecular weight is 261 g/mol. The van der Waals surface area contributed by atoms with Gasteiger partial charge in [0, 0.05) is 12.6 Å². The van der Waals surface area contributed by atoms with Gasteiger partial charge in [-0.15, -0.1) is 0 Å². The van der Waals surface area contributed by atoms with Crippen molar-refractivity contribution in [3.8, 4) is 0 Å². The highest BCUT2D eigenvalue weighted by Gasteiger charge is 2.22. The average Bonchev–Trinajstić information content (AvgIpc) is 2.44. The van der Waals surface area contributed by atoms with Gasteiger partial charge in [0.2, 0.25) is 5.91 Å². The molecule has 0 atom stereocenters. The maximum atomic E-state index is 11.7. The summed E-state index contributed by atoms with van der Waals surface area (Å²) in [6, 6.07) is 7.88. The lowest BCUT2D eigenvalue weighted by atomic mass is 9.98. The summed E-state index contributed by atoms with van der Waals surface area (Å²) in [4.78, 5) is 11.7. The van der Waals surface area contributed by atoms with Crippen LogP contribution in [0, 0.1) is 6.92 Å². The molecule has 1 aromatic rings. The summed E-state index contributed by atoms with van der Waals surface area (Å²) >= 11 is 0. The maximum absolute atomic E-state index is 11.7. The Hall–Kier alpha value is -1.61. The second-order valence-electron chi connectivity index (χ2n) is 4.84. The van der Waals surface area contributed by atoms with Crippen molar-refractivity contribution in [2.24, 2.45) is 0 Å². The topological polar surface area (TPSA) is 49.3 Å². The Morgan fingerprint density at radius 2 is 1.95 bits per heavy atom. The molecule has 19 heavy (non-hydrogen) atoms. The van der Waals surface area contributed by atoms with E-state index in [1.165, 1.54) is 6.08 Å². The number of hydrogen-bond acceptors (Lipinski definition) is 2. The quantitative estimate of drug-likeness (QED) is 0.773. The number of aryl methyl sites for hydroxylation is 1. The molecule has 3 nitrogen and oxygen atoms in total. The van der Waals surface area contributed by atoms with E-state index in [1.807, 2.05) is 45.0 Å². The minimum atomic E-state index is -0.799. The van der Waals surface area contributed by atoms with Gasteiger partial charge in [0.05, 0.1) is 5.60 Å². The number of hydrogen-bond donors (Lipinski definition) is 2. The highest BCUT2D eigenvalue weighted by molar-refractivity contribution is 5.91. The lowest BCUT2D eigenvalue weighted by molar-refractivity contribution is -0.117. The lowest BCUT2D eigenvalue weighted by Crippen LogP contribution is -2.41. The summed E-state index contributed by atoms with van der Waals surface area (Å²) < 4.78 is 0. The highest BCUT2D eigenvalue weighted by atomic mass is 16.3. The van der Waals surface area contributed by atoms with E-state index >= 15 is 0 Å². The third-order valence-corrected chi connectivity index (χ3v) is 3.51. The van der Waals surface area contributed by atoms with Crippen molar-refractivity contribution >= 4 is 12.0 Å². The molecular formula is C16H23NO2. The van der Waals surface area contributed by atoms with E-state index < -0.39 is 5.60 Å². The van der Waals surface area contributed by atoms with Gasteiger partial charge in [0.15, 0.2) is 0 Å². The van der Waals surface area contributed by atoms with Crippen LogP contribution in [0.2, 0.25) is 0 Å². The molecule has 0 aliphatic carbocycles. The molecule has 0 unspecified atom stereocenters. The number of amides is 1. The first-order chi connectivity index (χ1) is 9.00. The second kappa shape index (κ2) is 7.10. The van der Waals surface area contributed by atoms with Crippen LogP contribution in [0.1, 0.15) is 37.8 Å². The molecule has 1 amide bonds. The predicted octanol–water partition coefficient (Wildman–Crippen LogP) is 2.68. The molecule has 1 aromatic carbocycles. The Kier molecular flexibility index (Phi) is 5.77. The third-order valence-electron chi connectivity index (χ3n) is 3.51. The van der Waals surface area contributed by atoms with Crippen LogP contribution in [0.5, 0.6) is 0 Å². The van der Waals surface area contributed by atoms with E-state index in [9.17, 15) is 9.90 Å². The Bertz CT molecular complexity index is 448. The summed E-state index contributed by atoms with van der Waals surface area (Å²) in [7, 11) is 0. The number of benzene rings is 1. The molecule has 0 saturated heterocycles. The van der Waals surface area contributed by atoms with E-state index in [1.54, 1.807) is 6.08 Å². The van der Waals surface area contributed by atoms with Gasteiger partial charge in [-0.25, -0.2) is 0 Å². The Morgan fingerprint density at radius 1 is 1.32 bits per heavy atom. The van der Waals surface area contributed by atoms with Gasteiger partial charge < -0.3 is 10.4 Å². The van der Waals surface area contributed by atoms with Gasteiger partial charge >= 0.3 is 0 Å². The van der Waals surface area contributed by atoms with Crippen LogP contribution in [-0.2, 0) is 4.79 Å². The molecule has 0 spiro atoms. The van der Waals surface area contributed by atoms with Crippen molar-refractivity contribution in [1.82, 2.24) is 5.32 Å². The molecule has 0 aromatic heterocycles. The number of rotatable bonds is 6. The first-order valence-corrected chi connectivity index (χ1v) is 6.74. The van der Waals surface area contributed by atoms with Gasteiger partial charge in [-0.05, 0) is 37.0 Å².